The van der Waals surface area contributed by atoms with Crippen molar-refractivity contribution >= 4 is 24.8 Å². The molecule has 0 unspecified atom stereocenters. The molecular weight excluding hydrogens is 171 g/mol. The Morgan fingerprint density at radius 1 is 0.800 bits per heavy atom. The van der Waals surface area contributed by atoms with Crippen molar-refractivity contribution in [3.8, 4) is 0 Å². The van der Waals surface area contributed by atoms with Gasteiger partial charge in [0.2, 0.25) is 0 Å². The molecule has 0 heterocycles. The van der Waals surface area contributed by atoms with Gasteiger partial charge in [0.15, 0.2) is 0 Å². The molecule has 1 saturated carbocycles. The minimum atomic E-state index is -0.321. The monoisotopic (exact) mass is 186 g/mol. The van der Waals surface area contributed by atoms with Gasteiger partial charge >= 0.3 is 0 Å². The molecule has 0 radical (unpaired) electrons. The van der Waals surface area contributed by atoms with Gasteiger partial charge in [-0.05, 0) is 12.8 Å². The third-order valence-corrected chi connectivity index (χ3v) is 1.78. The van der Waals surface area contributed by atoms with E-state index in [1.54, 1.807) is 0 Å². The lowest BCUT2D eigenvalue weighted by Gasteiger charge is -2.28. The first kappa shape index (κ1) is 13.1. The van der Waals surface area contributed by atoms with E-state index in [-0.39, 0.29) is 30.5 Å². The van der Waals surface area contributed by atoms with Crippen LogP contribution in [-0.4, -0.2) is 5.66 Å². The summed E-state index contributed by atoms with van der Waals surface area (Å²) in [5, 5.41) is 0. The number of hydrogen-bond donors (Lipinski definition) is 2. The summed E-state index contributed by atoms with van der Waals surface area (Å²) in [7, 11) is 0. The van der Waals surface area contributed by atoms with Gasteiger partial charge in [0.1, 0.15) is 0 Å². The Kier molecular flexibility index (Phi) is 6.81. The van der Waals surface area contributed by atoms with E-state index in [0.29, 0.717) is 0 Å². The molecule has 1 aliphatic rings. The lowest BCUT2D eigenvalue weighted by Crippen LogP contribution is -2.50. The molecule has 0 saturated heterocycles. The SMILES string of the molecule is Cl.Cl.NC1(N)CCCCC1. The van der Waals surface area contributed by atoms with Gasteiger partial charge < -0.3 is 11.5 Å². The fourth-order valence-corrected chi connectivity index (χ4v) is 1.21. The first-order valence-electron chi connectivity index (χ1n) is 3.28. The lowest BCUT2D eigenvalue weighted by atomic mass is 9.91. The van der Waals surface area contributed by atoms with Crippen LogP contribution in [0, 0.1) is 0 Å². The highest BCUT2D eigenvalue weighted by Crippen LogP contribution is 2.20. The van der Waals surface area contributed by atoms with Crippen molar-refractivity contribution in [1.82, 2.24) is 0 Å². The first-order valence-corrected chi connectivity index (χ1v) is 3.28. The fraction of sp³-hybridized carbons (Fsp3) is 1.00. The maximum absolute atomic E-state index is 5.66. The van der Waals surface area contributed by atoms with Crippen molar-refractivity contribution in [2.75, 3.05) is 0 Å². The summed E-state index contributed by atoms with van der Waals surface area (Å²) in [4.78, 5) is 0. The standard InChI is InChI=1S/C6H14N2.2ClH/c7-6(8)4-2-1-3-5-6;;/h1-5,7-8H2;2*1H. The van der Waals surface area contributed by atoms with Gasteiger partial charge in [-0.15, -0.1) is 24.8 Å². The maximum Gasteiger partial charge on any atom is 0.0636 e. The van der Waals surface area contributed by atoms with E-state index in [1.165, 1.54) is 19.3 Å². The molecule has 1 aliphatic carbocycles. The molecule has 4 heteroatoms. The quantitative estimate of drug-likeness (QED) is 0.563. The second-order valence-electron chi connectivity index (χ2n) is 2.79. The average molecular weight is 187 g/mol. The Hall–Kier alpha value is 0.500. The van der Waals surface area contributed by atoms with E-state index in [0.717, 1.165) is 12.8 Å². The number of hydrogen-bond acceptors (Lipinski definition) is 2. The zero-order chi connectivity index (χ0) is 6.04. The lowest BCUT2D eigenvalue weighted by molar-refractivity contribution is 0.306. The van der Waals surface area contributed by atoms with Crippen molar-refractivity contribution in [3.05, 3.63) is 0 Å². The van der Waals surface area contributed by atoms with E-state index in [1.807, 2.05) is 0 Å². The van der Waals surface area contributed by atoms with Crippen LogP contribution in [0.5, 0.6) is 0 Å². The molecule has 2 nitrogen and oxygen atoms in total. The molecule has 0 spiro atoms. The second kappa shape index (κ2) is 5.19. The van der Waals surface area contributed by atoms with E-state index in [9.17, 15) is 0 Å². The molecule has 10 heavy (non-hydrogen) atoms. The summed E-state index contributed by atoms with van der Waals surface area (Å²) in [6.07, 6.45) is 5.76. The van der Waals surface area contributed by atoms with Crippen molar-refractivity contribution in [1.29, 1.82) is 0 Å². The summed E-state index contributed by atoms with van der Waals surface area (Å²) >= 11 is 0. The molecule has 1 rings (SSSR count). The average Bonchev–Trinajstić information content (AvgIpc) is 1.65. The first-order chi connectivity index (χ1) is 3.71. The predicted molar refractivity (Wildman–Crippen MR) is 48.7 cm³/mol. The van der Waals surface area contributed by atoms with Crippen LogP contribution in [0.1, 0.15) is 32.1 Å². The second-order valence-corrected chi connectivity index (χ2v) is 2.79. The van der Waals surface area contributed by atoms with Crippen molar-refractivity contribution < 1.29 is 0 Å². The highest BCUT2D eigenvalue weighted by Gasteiger charge is 2.21. The number of rotatable bonds is 0. The van der Waals surface area contributed by atoms with Crippen LogP contribution < -0.4 is 11.5 Å². The Labute approximate surface area is 74.5 Å². The smallest absolute Gasteiger partial charge is 0.0636 e. The highest BCUT2D eigenvalue weighted by molar-refractivity contribution is 5.85. The summed E-state index contributed by atoms with van der Waals surface area (Å²) < 4.78 is 0. The molecule has 0 aromatic heterocycles. The van der Waals surface area contributed by atoms with E-state index in [4.69, 9.17) is 11.5 Å². The molecule has 1 fully saturated rings. The molecule has 0 aromatic rings. The third-order valence-electron chi connectivity index (χ3n) is 1.78. The van der Waals surface area contributed by atoms with Crippen LogP contribution in [0.25, 0.3) is 0 Å². The van der Waals surface area contributed by atoms with Gasteiger partial charge in [0, 0.05) is 0 Å². The van der Waals surface area contributed by atoms with Gasteiger partial charge in [-0.25, -0.2) is 0 Å². The van der Waals surface area contributed by atoms with Crippen LogP contribution in [0.4, 0.5) is 0 Å². The normalized spacial score (nSPS) is 22.2. The van der Waals surface area contributed by atoms with Gasteiger partial charge in [-0.3, -0.25) is 0 Å². The van der Waals surface area contributed by atoms with Gasteiger partial charge in [-0.1, -0.05) is 19.3 Å². The summed E-state index contributed by atoms with van der Waals surface area (Å²) in [5.41, 5.74) is 11.0. The van der Waals surface area contributed by atoms with E-state index in [2.05, 4.69) is 0 Å². The molecule has 4 N–H and O–H groups in total. The highest BCUT2D eigenvalue weighted by atomic mass is 35.5. The molecular formula is C6H16Cl2N2. The molecule has 0 atom stereocenters. The maximum atomic E-state index is 5.66. The summed E-state index contributed by atoms with van der Waals surface area (Å²) in [5.74, 6) is 0. The van der Waals surface area contributed by atoms with Crippen LogP contribution in [-0.2, 0) is 0 Å². The number of halogens is 2. The Bertz CT molecular complexity index is 77.8. The van der Waals surface area contributed by atoms with Gasteiger partial charge in [0.25, 0.3) is 0 Å². The Morgan fingerprint density at radius 2 is 1.20 bits per heavy atom. The van der Waals surface area contributed by atoms with Crippen LogP contribution in [0.2, 0.25) is 0 Å². The van der Waals surface area contributed by atoms with Crippen LogP contribution in [0.3, 0.4) is 0 Å². The van der Waals surface area contributed by atoms with Crippen molar-refractivity contribution in [2.45, 2.75) is 37.8 Å². The molecule has 0 amide bonds. The zero-order valence-corrected chi connectivity index (χ0v) is 7.64. The topological polar surface area (TPSA) is 52.0 Å². The van der Waals surface area contributed by atoms with Crippen molar-refractivity contribution in [2.24, 2.45) is 11.5 Å². The van der Waals surface area contributed by atoms with E-state index >= 15 is 0 Å². The number of nitrogens with two attached hydrogens (primary N) is 2. The minimum absolute atomic E-state index is 0. The Balaban J connectivity index is 0. The van der Waals surface area contributed by atoms with Crippen molar-refractivity contribution in [3.63, 3.8) is 0 Å². The van der Waals surface area contributed by atoms with Crippen LogP contribution >= 0.6 is 24.8 Å². The van der Waals surface area contributed by atoms with Gasteiger partial charge in [0.05, 0.1) is 5.66 Å². The predicted octanol–water partition coefficient (Wildman–Crippen LogP) is 1.41. The zero-order valence-electron chi connectivity index (χ0n) is 6.01. The minimum Gasteiger partial charge on any atom is -0.313 e. The Morgan fingerprint density at radius 3 is 1.40 bits per heavy atom. The summed E-state index contributed by atoms with van der Waals surface area (Å²) in [6.45, 7) is 0. The largest absolute Gasteiger partial charge is 0.313 e. The third kappa shape index (κ3) is 4.34. The van der Waals surface area contributed by atoms with Crippen LogP contribution in [0.15, 0.2) is 0 Å². The molecule has 0 bridgehead atoms. The fourth-order valence-electron chi connectivity index (χ4n) is 1.21. The van der Waals surface area contributed by atoms with E-state index < -0.39 is 0 Å². The summed E-state index contributed by atoms with van der Waals surface area (Å²) in [6, 6.07) is 0. The van der Waals surface area contributed by atoms with Gasteiger partial charge in [-0.2, -0.15) is 0 Å². The molecule has 0 aromatic carbocycles. The molecule has 64 valence electrons. The molecule has 0 aliphatic heterocycles.